The van der Waals surface area contributed by atoms with E-state index in [2.05, 4.69) is 0 Å². The normalized spacial score (nSPS) is 19.1. The summed E-state index contributed by atoms with van der Waals surface area (Å²) in [6.45, 7) is 0.440. The van der Waals surface area contributed by atoms with Crippen molar-refractivity contribution in [2.24, 2.45) is 0 Å². The van der Waals surface area contributed by atoms with E-state index in [0.717, 1.165) is 0 Å². The summed E-state index contributed by atoms with van der Waals surface area (Å²) in [6, 6.07) is 11.9. The Bertz CT molecular complexity index is 1100. The zero-order valence-electron chi connectivity index (χ0n) is 19.4. The van der Waals surface area contributed by atoms with Crippen molar-refractivity contribution in [3.63, 3.8) is 0 Å². The molecule has 2 aromatic carbocycles. The van der Waals surface area contributed by atoms with E-state index in [0.29, 0.717) is 30.4 Å². The molecule has 3 amide bonds. The van der Waals surface area contributed by atoms with E-state index < -0.39 is 23.9 Å². The van der Waals surface area contributed by atoms with Crippen LogP contribution in [-0.4, -0.2) is 65.8 Å². The zero-order valence-corrected chi connectivity index (χ0v) is 19.4. The second-order valence-corrected chi connectivity index (χ2v) is 8.61. The van der Waals surface area contributed by atoms with Gasteiger partial charge in [0.15, 0.2) is 11.6 Å². The Morgan fingerprint density at radius 3 is 2.29 bits per heavy atom. The minimum atomic E-state index is -0.789. The topological polar surface area (TPSA) is 93.2 Å². The van der Waals surface area contributed by atoms with Crippen LogP contribution in [0.25, 0.3) is 0 Å². The van der Waals surface area contributed by atoms with Crippen LogP contribution in [0, 0.1) is 5.82 Å². The molecule has 2 aromatic rings. The van der Waals surface area contributed by atoms with Gasteiger partial charge in [0.1, 0.15) is 12.1 Å². The maximum atomic E-state index is 14.0. The van der Waals surface area contributed by atoms with Crippen LogP contribution in [-0.2, 0) is 14.3 Å². The molecule has 2 aliphatic heterocycles. The molecule has 9 heteroatoms. The third-order valence-corrected chi connectivity index (χ3v) is 6.34. The largest absolute Gasteiger partial charge is 0.485 e. The second kappa shape index (κ2) is 10.7. The highest BCUT2D eigenvalue weighted by Gasteiger charge is 2.41. The van der Waals surface area contributed by atoms with Crippen LogP contribution in [0.2, 0.25) is 0 Å². The predicted molar refractivity (Wildman–Crippen MR) is 123 cm³/mol. The number of imide groups is 1. The monoisotopic (exact) mass is 482 g/mol. The van der Waals surface area contributed by atoms with Crippen LogP contribution in [0.3, 0.4) is 0 Å². The Morgan fingerprint density at radius 2 is 1.63 bits per heavy atom. The summed E-state index contributed by atoms with van der Waals surface area (Å²) in [5.41, 5.74) is 0.838. The van der Waals surface area contributed by atoms with Crippen LogP contribution in [0.4, 0.5) is 4.39 Å². The number of para-hydroxylation sites is 1. The fourth-order valence-corrected chi connectivity index (χ4v) is 4.55. The number of nitrogens with zero attached hydrogens (tertiary/aromatic N) is 2. The lowest BCUT2D eigenvalue weighted by Gasteiger charge is -2.22. The lowest BCUT2D eigenvalue weighted by atomic mass is 10.1. The van der Waals surface area contributed by atoms with Gasteiger partial charge < -0.3 is 14.4 Å². The summed E-state index contributed by atoms with van der Waals surface area (Å²) in [7, 11) is 1.26. The molecule has 0 N–H and O–H groups in total. The second-order valence-electron chi connectivity index (χ2n) is 8.61. The van der Waals surface area contributed by atoms with Gasteiger partial charge in [-0.15, -0.1) is 0 Å². The standard InChI is InChI=1S/C26H27FN2O6/c1-34-26(33)21-15-17(35-22-12-7-6-11-20(22)27)16-29(21)23(30)13-3-2-8-14-28-24(31)18-9-4-5-10-19(18)25(28)32/h4-7,9-12,17,21H,2-3,8,13-16H2,1H3. The summed E-state index contributed by atoms with van der Waals surface area (Å²) >= 11 is 0. The zero-order chi connectivity index (χ0) is 24.9. The maximum Gasteiger partial charge on any atom is 0.328 e. The van der Waals surface area contributed by atoms with Crippen molar-refractivity contribution in [2.75, 3.05) is 20.2 Å². The van der Waals surface area contributed by atoms with Gasteiger partial charge >= 0.3 is 5.97 Å². The summed E-state index contributed by atoms with van der Waals surface area (Å²) in [5, 5.41) is 0. The van der Waals surface area contributed by atoms with Crippen LogP contribution in [0.1, 0.15) is 52.8 Å². The van der Waals surface area contributed by atoms with Crippen molar-refractivity contribution in [1.29, 1.82) is 0 Å². The SMILES string of the molecule is COC(=O)C1CC(Oc2ccccc2F)CN1C(=O)CCCCCN1C(=O)c2ccccc2C1=O. The highest BCUT2D eigenvalue weighted by Crippen LogP contribution is 2.27. The molecule has 0 spiro atoms. The third kappa shape index (κ3) is 5.18. The fourth-order valence-electron chi connectivity index (χ4n) is 4.55. The number of ether oxygens (including phenoxy) is 2. The van der Waals surface area contributed by atoms with E-state index in [1.165, 1.54) is 29.0 Å². The first-order chi connectivity index (χ1) is 16.9. The first kappa shape index (κ1) is 24.4. The number of esters is 1. The van der Waals surface area contributed by atoms with Gasteiger partial charge in [-0.1, -0.05) is 30.7 Å². The molecule has 0 aliphatic carbocycles. The minimum absolute atomic E-state index is 0.0728. The van der Waals surface area contributed by atoms with Gasteiger partial charge in [-0.2, -0.15) is 0 Å². The first-order valence-corrected chi connectivity index (χ1v) is 11.6. The number of amides is 3. The van der Waals surface area contributed by atoms with Crippen LogP contribution in [0.5, 0.6) is 5.75 Å². The van der Waals surface area contributed by atoms with Gasteiger partial charge in [-0.25, -0.2) is 9.18 Å². The van der Waals surface area contributed by atoms with Crippen LogP contribution in [0.15, 0.2) is 48.5 Å². The molecule has 0 radical (unpaired) electrons. The van der Waals surface area contributed by atoms with Gasteiger partial charge in [0.2, 0.25) is 5.91 Å². The average molecular weight is 483 g/mol. The van der Waals surface area contributed by atoms with Gasteiger partial charge in [0, 0.05) is 19.4 Å². The van der Waals surface area contributed by atoms with E-state index in [-0.39, 0.29) is 49.4 Å². The van der Waals surface area contributed by atoms with E-state index in [1.54, 1.807) is 36.4 Å². The van der Waals surface area contributed by atoms with Crippen LogP contribution < -0.4 is 4.74 Å². The van der Waals surface area contributed by atoms with Crippen molar-refractivity contribution in [3.05, 3.63) is 65.5 Å². The molecular formula is C26H27FN2O6. The van der Waals surface area contributed by atoms with E-state index in [4.69, 9.17) is 9.47 Å². The molecule has 0 bridgehead atoms. The molecule has 4 rings (SSSR count). The van der Waals surface area contributed by atoms with Crippen molar-refractivity contribution >= 4 is 23.7 Å². The first-order valence-electron chi connectivity index (χ1n) is 11.6. The fraction of sp³-hybridized carbons (Fsp3) is 0.385. The third-order valence-electron chi connectivity index (χ3n) is 6.34. The Balaban J connectivity index is 1.26. The summed E-state index contributed by atoms with van der Waals surface area (Å²) in [5.74, 6) is -1.78. The van der Waals surface area contributed by atoms with Gasteiger partial charge in [-0.3, -0.25) is 19.3 Å². The highest BCUT2D eigenvalue weighted by molar-refractivity contribution is 6.21. The number of benzene rings is 2. The number of carbonyl (C=O) groups excluding carboxylic acids is 4. The number of hydrogen-bond acceptors (Lipinski definition) is 6. The molecule has 1 saturated heterocycles. The molecule has 184 valence electrons. The van der Waals surface area contributed by atoms with E-state index in [1.807, 2.05) is 0 Å². The summed E-state index contributed by atoms with van der Waals surface area (Å²) < 4.78 is 24.5. The number of halogens is 1. The number of likely N-dealkylation sites (tertiary alicyclic amines) is 1. The van der Waals surface area contributed by atoms with E-state index >= 15 is 0 Å². The summed E-state index contributed by atoms with van der Waals surface area (Å²) in [6.07, 6.45) is 1.61. The van der Waals surface area contributed by atoms with Crippen molar-refractivity contribution in [1.82, 2.24) is 9.80 Å². The Hall–Kier alpha value is -3.75. The van der Waals surface area contributed by atoms with Gasteiger partial charge in [0.05, 0.1) is 24.8 Å². The van der Waals surface area contributed by atoms with Gasteiger partial charge in [0.25, 0.3) is 11.8 Å². The molecule has 0 saturated carbocycles. The average Bonchev–Trinajstić information content (AvgIpc) is 3.39. The van der Waals surface area contributed by atoms with E-state index in [9.17, 15) is 23.6 Å². The number of rotatable bonds is 9. The van der Waals surface area contributed by atoms with Crippen molar-refractivity contribution in [2.45, 2.75) is 44.2 Å². The molecule has 2 atom stereocenters. The Morgan fingerprint density at radius 1 is 0.971 bits per heavy atom. The lowest BCUT2D eigenvalue weighted by Crippen LogP contribution is -2.41. The molecule has 2 heterocycles. The Kier molecular flexibility index (Phi) is 7.43. The number of hydrogen-bond donors (Lipinski definition) is 0. The predicted octanol–water partition coefficient (Wildman–Crippen LogP) is 3.20. The molecule has 1 fully saturated rings. The highest BCUT2D eigenvalue weighted by atomic mass is 19.1. The molecule has 35 heavy (non-hydrogen) atoms. The van der Waals surface area contributed by atoms with Gasteiger partial charge in [-0.05, 0) is 37.1 Å². The smallest absolute Gasteiger partial charge is 0.328 e. The number of fused-ring (bicyclic) bond motifs is 1. The molecule has 2 unspecified atom stereocenters. The van der Waals surface area contributed by atoms with Crippen molar-refractivity contribution < 1.29 is 33.0 Å². The molecule has 0 aromatic heterocycles. The molecule has 8 nitrogen and oxygen atoms in total. The minimum Gasteiger partial charge on any atom is -0.485 e. The maximum absolute atomic E-state index is 14.0. The Labute approximate surface area is 202 Å². The van der Waals surface area contributed by atoms with Crippen molar-refractivity contribution in [3.8, 4) is 5.75 Å². The number of carbonyl (C=O) groups is 4. The van der Waals surface area contributed by atoms with Crippen LogP contribution >= 0.6 is 0 Å². The number of methoxy groups -OCH3 is 1. The molecular weight excluding hydrogens is 455 g/mol. The number of unbranched alkanes of at least 4 members (excludes halogenated alkanes) is 2. The molecule has 2 aliphatic rings. The summed E-state index contributed by atoms with van der Waals surface area (Å²) in [4.78, 5) is 52.7. The quantitative estimate of drug-likeness (QED) is 0.310. The lowest BCUT2D eigenvalue weighted by molar-refractivity contribution is -0.151.